The van der Waals surface area contributed by atoms with E-state index in [4.69, 9.17) is 10.6 Å². The Hall–Kier alpha value is -2.25. The monoisotopic (exact) mass is 301 g/mol. The maximum Gasteiger partial charge on any atom is 0.166 e. The molecule has 0 aliphatic rings. The van der Waals surface area contributed by atoms with Gasteiger partial charge in [0.15, 0.2) is 5.16 Å². The van der Waals surface area contributed by atoms with Crippen LogP contribution in [0.4, 0.5) is 5.82 Å². The van der Waals surface area contributed by atoms with Crippen molar-refractivity contribution < 1.29 is 4.74 Å². The molecule has 0 aliphatic heterocycles. The molecule has 7 heteroatoms. The minimum atomic E-state index is 0.655. The molecule has 108 valence electrons. The topological polar surface area (TPSA) is 88.8 Å². The number of ether oxygens (including phenoxy) is 1. The lowest BCUT2D eigenvalue weighted by Gasteiger charge is -2.02. The average molecular weight is 301 g/mol. The van der Waals surface area contributed by atoms with Crippen molar-refractivity contribution in [3.8, 4) is 5.75 Å². The van der Waals surface area contributed by atoms with Gasteiger partial charge >= 0.3 is 0 Å². The van der Waals surface area contributed by atoms with E-state index in [1.54, 1.807) is 25.1 Å². The molecular formula is C14H15N5OS. The number of anilines is 1. The summed E-state index contributed by atoms with van der Waals surface area (Å²) in [6.07, 6.45) is 1.73. The molecule has 21 heavy (non-hydrogen) atoms. The Bertz CT molecular complexity index is 758. The van der Waals surface area contributed by atoms with Gasteiger partial charge in [-0.2, -0.15) is 0 Å². The van der Waals surface area contributed by atoms with Crippen molar-refractivity contribution in [2.75, 3.05) is 12.5 Å². The summed E-state index contributed by atoms with van der Waals surface area (Å²) in [6, 6.07) is 9.66. The van der Waals surface area contributed by atoms with Crippen molar-refractivity contribution in [2.24, 2.45) is 5.84 Å². The van der Waals surface area contributed by atoms with Gasteiger partial charge in [0.2, 0.25) is 0 Å². The molecule has 0 fully saturated rings. The molecule has 0 saturated heterocycles. The fourth-order valence-corrected chi connectivity index (χ4v) is 2.78. The third kappa shape index (κ3) is 3.09. The first-order valence-corrected chi connectivity index (χ1v) is 7.35. The molecule has 4 N–H and O–H groups in total. The van der Waals surface area contributed by atoms with Crippen molar-refractivity contribution >= 4 is 28.6 Å². The summed E-state index contributed by atoms with van der Waals surface area (Å²) in [5.41, 5.74) is 5.56. The van der Waals surface area contributed by atoms with Crippen LogP contribution in [-0.2, 0) is 5.75 Å². The Labute approximate surface area is 126 Å². The molecule has 0 bridgehead atoms. The number of nitrogens with zero attached hydrogens (tertiary/aromatic N) is 2. The molecule has 0 amide bonds. The molecule has 0 radical (unpaired) electrons. The van der Waals surface area contributed by atoms with E-state index in [1.807, 2.05) is 30.3 Å². The summed E-state index contributed by atoms with van der Waals surface area (Å²) in [5.74, 6) is 7.61. The predicted molar refractivity (Wildman–Crippen MR) is 84.3 cm³/mol. The molecule has 0 saturated carbocycles. The normalized spacial score (nSPS) is 10.8. The predicted octanol–water partition coefficient (Wildman–Crippen LogP) is 2.54. The first-order chi connectivity index (χ1) is 10.3. The number of hydrogen-bond donors (Lipinski definition) is 3. The van der Waals surface area contributed by atoms with Crippen LogP contribution < -0.4 is 16.0 Å². The van der Waals surface area contributed by atoms with E-state index in [9.17, 15) is 0 Å². The summed E-state index contributed by atoms with van der Waals surface area (Å²) in [7, 11) is 1.65. The Balaban J connectivity index is 1.75. The number of aromatic amines is 1. The highest BCUT2D eigenvalue weighted by atomic mass is 32.2. The highest BCUT2D eigenvalue weighted by molar-refractivity contribution is 7.98. The second-order valence-corrected chi connectivity index (χ2v) is 5.37. The number of pyridine rings is 1. The van der Waals surface area contributed by atoms with Crippen LogP contribution in [0.25, 0.3) is 11.0 Å². The standard InChI is InChI=1S/C14H15N5OS/c1-20-10-2-3-11-12(7-10)18-14(17-11)21-8-9-4-5-16-13(6-9)19-15/h2-7H,8,15H2,1H3,(H,16,19)(H,17,18). The summed E-state index contributed by atoms with van der Waals surface area (Å²) in [4.78, 5) is 11.9. The first kappa shape index (κ1) is 13.7. The van der Waals surface area contributed by atoms with Crippen molar-refractivity contribution in [3.05, 3.63) is 42.1 Å². The molecule has 0 spiro atoms. The van der Waals surface area contributed by atoms with E-state index < -0.39 is 0 Å². The number of fused-ring (bicyclic) bond motifs is 1. The summed E-state index contributed by atoms with van der Waals surface area (Å²) in [6.45, 7) is 0. The number of H-pyrrole nitrogens is 1. The van der Waals surface area contributed by atoms with Crippen molar-refractivity contribution in [3.63, 3.8) is 0 Å². The zero-order valence-corrected chi connectivity index (χ0v) is 12.3. The van der Waals surface area contributed by atoms with Crippen molar-refractivity contribution in [1.82, 2.24) is 15.0 Å². The zero-order valence-electron chi connectivity index (χ0n) is 11.5. The van der Waals surface area contributed by atoms with Crippen LogP contribution in [0.15, 0.2) is 41.7 Å². The second kappa shape index (κ2) is 6.02. The van der Waals surface area contributed by atoms with Gasteiger partial charge in [-0.1, -0.05) is 11.8 Å². The van der Waals surface area contributed by atoms with E-state index >= 15 is 0 Å². The van der Waals surface area contributed by atoms with Gasteiger partial charge in [0.25, 0.3) is 0 Å². The minimum Gasteiger partial charge on any atom is -0.497 e. The van der Waals surface area contributed by atoms with Crippen molar-refractivity contribution in [2.45, 2.75) is 10.9 Å². The third-order valence-electron chi connectivity index (χ3n) is 3.02. The number of benzene rings is 1. The lowest BCUT2D eigenvalue weighted by Crippen LogP contribution is -2.08. The fraction of sp³-hybridized carbons (Fsp3) is 0.143. The third-order valence-corrected chi connectivity index (χ3v) is 3.96. The molecule has 0 aliphatic carbocycles. The largest absolute Gasteiger partial charge is 0.497 e. The van der Waals surface area contributed by atoms with E-state index in [-0.39, 0.29) is 0 Å². The first-order valence-electron chi connectivity index (χ1n) is 6.36. The Morgan fingerprint density at radius 1 is 1.33 bits per heavy atom. The van der Waals surface area contributed by atoms with Gasteiger partial charge in [-0.25, -0.2) is 15.8 Å². The van der Waals surface area contributed by atoms with Crippen LogP contribution in [0, 0.1) is 0 Å². The van der Waals surface area contributed by atoms with Gasteiger partial charge in [-0.15, -0.1) is 0 Å². The number of nitrogens with one attached hydrogen (secondary N) is 2. The SMILES string of the molecule is COc1ccc2nc(SCc3ccnc(NN)c3)[nH]c2c1. The molecule has 1 aromatic carbocycles. The van der Waals surface area contributed by atoms with Gasteiger partial charge in [0, 0.05) is 18.0 Å². The number of imidazole rings is 1. The van der Waals surface area contributed by atoms with Crippen LogP contribution >= 0.6 is 11.8 Å². The molecular weight excluding hydrogens is 286 g/mol. The molecule has 2 heterocycles. The van der Waals surface area contributed by atoms with Crippen LogP contribution in [0.5, 0.6) is 5.75 Å². The minimum absolute atomic E-state index is 0.655. The van der Waals surface area contributed by atoms with Crippen molar-refractivity contribution in [1.29, 1.82) is 0 Å². The van der Waals surface area contributed by atoms with Crippen LogP contribution in [0.1, 0.15) is 5.56 Å². The van der Waals surface area contributed by atoms with Gasteiger partial charge in [-0.3, -0.25) is 0 Å². The highest BCUT2D eigenvalue weighted by Crippen LogP contribution is 2.25. The molecule has 3 aromatic rings. The van der Waals surface area contributed by atoms with Gasteiger partial charge < -0.3 is 15.1 Å². The molecule has 0 unspecified atom stereocenters. The maximum absolute atomic E-state index is 5.35. The number of nitrogens with two attached hydrogens (primary N) is 1. The van der Waals surface area contributed by atoms with Gasteiger partial charge in [-0.05, 0) is 29.8 Å². The van der Waals surface area contributed by atoms with Crippen LogP contribution in [0.3, 0.4) is 0 Å². The fourth-order valence-electron chi connectivity index (χ4n) is 1.96. The van der Waals surface area contributed by atoms with Gasteiger partial charge in [0.1, 0.15) is 11.6 Å². The summed E-state index contributed by atoms with van der Waals surface area (Å²) in [5, 5.41) is 0.873. The number of hydrogen-bond acceptors (Lipinski definition) is 6. The quantitative estimate of drug-likeness (QED) is 0.381. The van der Waals surface area contributed by atoms with Crippen LogP contribution in [0.2, 0.25) is 0 Å². The number of rotatable bonds is 5. The smallest absolute Gasteiger partial charge is 0.166 e. The number of methoxy groups -OCH3 is 1. The van der Waals surface area contributed by atoms with E-state index in [1.165, 1.54) is 0 Å². The molecule has 6 nitrogen and oxygen atoms in total. The number of nitrogen functional groups attached to an aromatic ring is 1. The van der Waals surface area contributed by atoms with E-state index in [0.29, 0.717) is 5.82 Å². The van der Waals surface area contributed by atoms with E-state index in [0.717, 1.165) is 33.3 Å². The second-order valence-electron chi connectivity index (χ2n) is 4.41. The zero-order chi connectivity index (χ0) is 14.7. The van der Waals surface area contributed by atoms with Gasteiger partial charge in [0.05, 0.1) is 18.1 Å². The molecule has 3 rings (SSSR count). The lowest BCUT2D eigenvalue weighted by atomic mass is 10.3. The molecule has 2 aromatic heterocycles. The number of aromatic nitrogens is 3. The number of hydrazine groups is 1. The highest BCUT2D eigenvalue weighted by Gasteiger charge is 2.05. The maximum atomic E-state index is 5.35. The summed E-state index contributed by atoms with van der Waals surface area (Å²) >= 11 is 1.63. The Morgan fingerprint density at radius 3 is 3.05 bits per heavy atom. The Morgan fingerprint density at radius 2 is 2.24 bits per heavy atom. The molecule has 0 atom stereocenters. The lowest BCUT2D eigenvalue weighted by molar-refractivity contribution is 0.415. The average Bonchev–Trinajstić information content (AvgIpc) is 2.95. The Kier molecular flexibility index (Phi) is 3.94. The number of thioether (sulfide) groups is 1. The van der Waals surface area contributed by atoms with E-state index in [2.05, 4.69) is 20.4 Å². The van der Waals surface area contributed by atoms with Crippen LogP contribution in [-0.4, -0.2) is 22.1 Å². The summed E-state index contributed by atoms with van der Waals surface area (Å²) < 4.78 is 5.21.